The van der Waals surface area contributed by atoms with E-state index in [1.165, 1.54) is 6.07 Å². The van der Waals surface area contributed by atoms with Gasteiger partial charge in [-0.1, -0.05) is 24.3 Å². The first-order chi connectivity index (χ1) is 12.5. The summed E-state index contributed by atoms with van der Waals surface area (Å²) < 4.78 is 13.7. The van der Waals surface area contributed by atoms with Gasteiger partial charge in [0.05, 0.1) is 6.54 Å². The Morgan fingerprint density at radius 2 is 1.92 bits per heavy atom. The largest absolute Gasteiger partial charge is 0.349 e. The molecular formula is C20H22FN3O2. The number of halogens is 1. The van der Waals surface area contributed by atoms with Crippen molar-refractivity contribution in [3.63, 3.8) is 0 Å². The number of anilines is 1. The normalized spacial score (nSPS) is 14.5. The van der Waals surface area contributed by atoms with Crippen LogP contribution >= 0.6 is 0 Å². The fourth-order valence-electron chi connectivity index (χ4n) is 2.62. The van der Waals surface area contributed by atoms with E-state index < -0.39 is 0 Å². The van der Waals surface area contributed by atoms with Gasteiger partial charge in [0.1, 0.15) is 5.82 Å². The van der Waals surface area contributed by atoms with Crippen molar-refractivity contribution in [1.29, 1.82) is 0 Å². The van der Waals surface area contributed by atoms with E-state index in [4.69, 9.17) is 0 Å². The predicted octanol–water partition coefficient (Wildman–Crippen LogP) is 3.01. The summed E-state index contributed by atoms with van der Waals surface area (Å²) in [6, 6.07) is 13.3. The summed E-state index contributed by atoms with van der Waals surface area (Å²) in [6.07, 6.45) is 2.04. The van der Waals surface area contributed by atoms with Gasteiger partial charge >= 0.3 is 0 Å². The van der Waals surface area contributed by atoms with E-state index in [0.717, 1.165) is 12.8 Å². The van der Waals surface area contributed by atoms with Crippen LogP contribution in [0.4, 0.5) is 10.1 Å². The van der Waals surface area contributed by atoms with Crippen molar-refractivity contribution >= 4 is 17.5 Å². The Kier molecular flexibility index (Phi) is 5.63. The Morgan fingerprint density at radius 3 is 2.65 bits per heavy atom. The number of nitrogens with one attached hydrogen (secondary N) is 3. The third kappa shape index (κ3) is 4.89. The van der Waals surface area contributed by atoms with Crippen molar-refractivity contribution in [2.45, 2.75) is 31.8 Å². The molecule has 1 fully saturated rings. The molecule has 2 aromatic rings. The first kappa shape index (κ1) is 18.1. The molecule has 0 heterocycles. The van der Waals surface area contributed by atoms with Crippen LogP contribution in [-0.4, -0.2) is 24.4 Å². The zero-order chi connectivity index (χ0) is 18.5. The van der Waals surface area contributed by atoms with Crippen molar-refractivity contribution in [2.75, 3.05) is 11.9 Å². The molecule has 1 aliphatic rings. The lowest BCUT2D eigenvalue weighted by Gasteiger charge is -2.15. The van der Waals surface area contributed by atoms with Gasteiger partial charge in [-0.15, -0.1) is 0 Å². The smallest absolute Gasteiger partial charge is 0.251 e. The van der Waals surface area contributed by atoms with Gasteiger partial charge in [0.2, 0.25) is 5.91 Å². The zero-order valence-corrected chi connectivity index (χ0v) is 14.6. The summed E-state index contributed by atoms with van der Waals surface area (Å²) in [5, 5.41) is 8.67. The Labute approximate surface area is 152 Å². The fraction of sp³-hybridized carbons (Fsp3) is 0.300. The van der Waals surface area contributed by atoms with Crippen LogP contribution in [0.25, 0.3) is 0 Å². The van der Waals surface area contributed by atoms with E-state index in [-0.39, 0.29) is 36.3 Å². The first-order valence-corrected chi connectivity index (χ1v) is 8.71. The van der Waals surface area contributed by atoms with Crippen molar-refractivity contribution in [3.05, 3.63) is 65.5 Å². The Bertz CT molecular complexity index is 805. The van der Waals surface area contributed by atoms with E-state index in [1.807, 2.05) is 0 Å². The molecule has 136 valence electrons. The van der Waals surface area contributed by atoms with Gasteiger partial charge in [0.25, 0.3) is 5.91 Å². The number of hydrogen-bond acceptors (Lipinski definition) is 3. The minimum Gasteiger partial charge on any atom is -0.349 e. The van der Waals surface area contributed by atoms with Gasteiger partial charge < -0.3 is 16.0 Å². The summed E-state index contributed by atoms with van der Waals surface area (Å²) in [6.45, 7) is 1.84. The lowest BCUT2D eigenvalue weighted by Crippen LogP contribution is -2.30. The van der Waals surface area contributed by atoms with Gasteiger partial charge in [-0.05, 0) is 44.0 Å². The molecule has 5 nitrogen and oxygen atoms in total. The van der Waals surface area contributed by atoms with Crippen LogP contribution in [0.5, 0.6) is 0 Å². The Balaban J connectivity index is 1.53. The van der Waals surface area contributed by atoms with Crippen LogP contribution in [0.1, 0.15) is 41.7 Å². The second-order valence-electron chi connectivity index (χ2n) is 6.50. The van der Waals surface area contributed by atoms with Crippen LogP contribution in [0, 0.1) is 5.82 Å². The second kappa shape index (κ2) is 8.10. The highest BCUT2D eigenvalue weighted by Gasteiger charge is 2.23. The third-order valence-corrected chi connectivity index (χ3v) is 4.26. The maximum Gasteiger partial charge on any atom is 0.251 e. The van der Waals surface area contributed by atoms with Gasteiger partial charge in [-0.2, -0.15) is 0 Å². The molecule has 1 unspecified atom stereocenters. The van der Waals surface area contributed by atoms with Gasteiger partial charge in [0.15, 0.2) is 0 Å². The summed E-state index contributed by atoms with van der Waals surface area (Å²) in [5.41, 5.74) is 1.58. The summed E-state index contributed by atoms with van der Waals surface area (Å²) in [4.78, 5) is 24.2. The van der Waals surface area contributed by atoms with E-state index >= 15 is 0 Å². The molecule has 0 aliphatic heterocycles. The van der Waals surface area contributed by atoms with Crippen molar-refractivity contribution in [3.8, 4) is 0 Å². The molecule has 0 radical (unpaired) electrons. The lowest BCUT2D eigenvalue weighted by molar-refractivity contribution is -0.115. The molecule has 3 N–H and O–H groups in total. The van der Waals surface area contributed by atoms with Gasteiger partial charge in [-0.25, -0.2) is 4.39 Å². The van der Waals surface area contributed by atoms with Crippen LogP contribution < -0.4 is 16.0 Å². The molecule has 0 aromatic heterocycles. The molecule has 2 amide bonds. The number of carbonyl (C=O) groups excluding carboxylic acids is 2. The van der Waals surface area contributed by atoms with Crippen LogP contribution in [-0.2, 0) is 4.79 Å². The highest BCUT2D eigenvalue weighted by molar-refractivity contribution is 5.97. The van der Waals surface area contributed by atoms with E-state index in [9.17, 15) is 14.0 Å². The van der Waals surface area contributed by atoms with Crippen molar-refractivity contribution < 1.29 is 14.0 Å². The topological polar surface area (TPSA) is 70.2 Å². The van der Waals surface area contributed by atoms with Crippen molar-refractivity contribution in [2.24, 2.45) is 0 Å². The average Bonchev–Trinajstić information content (AvgIpc) is 3.44. The first-order valence-electron chi connectivity index (χ1n) is 8.71. The predicted molar refractivity (Wildman–Crippen MR) is 98.4 cm³/mol. The Morgan fingerprint density at radius 1 is 1.15 bits per heavy atom. The highest BCUT2D eigenvalue weighted by atomic mass is 19.1. The van der Waals surface area contributed by atoms with E-state index in [1.54, 1.807) is 49.4 Å². The second-order valence-corrected chi connectivity index (χ2v) is 6.50. The zero-order valence-electron chi connectivity index (χ0n) is 14.6. The van der Waals surface area contributed by atoms with Gasteiger partial charge in [-0.3, -0.25) is 9.59 Å². The number of hydrogen-bond donors (Lipinski definition) is 3. The molecule has 0 saturated heterocycles. The molecule has 1 saturated carbocycles. The molecule has 1 aliphatic carbocycles. The van der Waals surface area contributed by atoms with Crippen molar-refractivity contribution in [1.82, 2.24) is 10.6 Å². The maximum atomic E-state index is 13.7. The molecule has 0 spiro atoms. The number of benzene rings is 2. The quantitative estimate of drug-likeness (QED) is 0.715. The summed E-state index contributed by atoms with van der Waals surface area (Å²) >= 11 is 0. The molecule has 6 heteroatoms. The number of rotatable bonds is 7. The lowest BCUT2D eigenvalue weighted by atomic mass is 10.1. The number of amides is 2. The monoisotopic (exact) mass is 355 g/mol. The minimum absolute atomic E-state index is 0.0357. The fourth-order valence-corrected chi connectivity index (χ4v) is 2.62. The molecular weight excluding hydrogens is 333 g/mol. The van der Waals surface area contributed by atoms with Crippen LogP contribution in [0.15, 0.2) is 48.5 Å². The summed E-state index contributed by atoms with van der Waals surface area (Å²) in [7, 11) is 0. The molecule has 0 bridgehead atoms. The van der Waals surface area contributed by atoms with E-state index in [2.05, 4.69) is 16.0 Å². The standard InChI is InChI=1S/C20H22FN3O2/c1-13(17-7-2-3-8-18(17)21)22-12-19(25)23-16-6-4-5-14(11-16)20(26)24-15-9-10-15/h2-8,11,13,15,22H,9-10,12H2,1H3,(H,23,25)(H,24,26). The van der Waals surface area contributed by atoms with Crippen LogP contribution in [0.2, 0.25) is 0 Å². The van der Waals surface area contributed by atoms with Crippen LogP contribution in [0.3, 0.4) is 0 Å². The number of carbonyl (C=O) groups is 2. The maximum absolute atomic E-state index is 13.7. The average molecular weight is 355 g/mol. The molecule has 26 heavy (non-hydrogen) atoms. The minimum atomic E-state index is -0.303. The molecule has 1 atom stereocenters. The van der Waals surface area contributed by atoms with E-state index in [0.29, 0.717) is 16.8 Å². The highest BCUT2D eigenvalue weighted by Crippen LogP contribution is 2.20. The molecule has 3 rings (SSSR count). The molecule has 2 aromatic carbocycles. The summed E-state index contributed by atoms with van der Waals surface area (Å²) in [5.74, 6) is -0.690. The third-order valence-electron chi connectivity index (χ3n) is 4.26. The Hall–Kier alpha value is -2.73. The van der Waals surface area contributed by atoms with Gasteiger partial charge in [0, 0.05) is 28.9 Å². The SMILES string of the molecule is CC(NCC(=O)Nc1cccc(C(=O)NC2CC2)c1)c1ccccc1F.